The summed E-state index contributed by atoms with van der Waals surface area (Å²) in [5, 5.41) is 6.91. The van der Waals surface area contributed by atoms with Crippen LogP contribution < -0.4 is 16.6 Å². The van der Waals surface area contributed by atoms with E-state index in [1.807, 2.05) is 0 Å². The zero-order valence-electron chi connectivity index (χ0n) is 20.2. The highest BCUT2D eigenvalue weighted by Gasteiger charge is 2.32. The average molecular weight is 499 g/mol. The van der Waals surface area contributed by atoms with Gasteiger partial charge in [-0.1, -0.05) is 6.92 Å². The summed E-state index contributed by atoms with van der Waals surface area (Å²) in [4.78, 5) is 27.5. The van der Waals surface area contributed by atoms with Crippen LogP contribution in [0, 0.1) is 5.92 Å². The first kappa shape index (κ1) is 27.8. The van der Waals surface area contributed by atoms with Gasteiger partial charge in [0.2, 0.25) is 11.5 Å². The summed E-state index contributed by atoms with van der Waals surface area (Å²) < 4.78 is 55.4. The highest BCUT2D eigenvalue weighted by Crippen LogP contribution is 2.30. The molecule has 3 N–H and O–H groups in total. The molecule has 0 fully saturated rings. The summed E-state index contributed by atoms with van der Waals surface area (Å²) in [6, 6.07) is 4.09. The van der Waals surface area contributed by atoms with Crippen LogP contribution in [0.15, 0.2) is 46.0 Å². The van der Waals surface area contributed by atoms with Crippen molar-refractivity contribution in [2.24, 2.45) is 23.7 Å². The molecule has 0 spiro atoms. The molecule has 0 radical (unpaired) electrons. The number of halogens is 4. The Labute approximate surface area is 200 Å². The molecule has 1 atom stereocenters. The van der Waals surface area contributed by atoms with Gasteiger partial charge < -0.3 is 15.6 Å². The maximum absolute atomic E-state index is 14.0. The van der Waals surface area contributed by atoms with Crippen molar-refractivity contribution >= 4 is 12.1 Å². The Bertz CT molecular complexity index is 1160. The minimum atomic E-state index is -3.20. The molecule has 12 heteroatoms. The second kappa shape index (κ2) is 10.9. The maximum atomic E-state index is 14.0. The minimum absolute atomic E-state index is 0.0339. The summed E-state index contributed by atoms with van der Waals surface area (Å²) in [5.74, 6) is -4.23. The maximum Gasteiger partial charge on any atom is 0.331 e. The Kier molecular flexibility index (Phi) is 8.64. The van der Waals surface area contributed by atoms with Gasteiger partial charge in [0.1, 0.15) is 5.69 Å². The third kappa shape index (κ3) is 7.79. The van der Waals surface area contributed by atoms with Crippen molar-refractivity contribution in [3.63, 3.8) is 0 Å². The number of aromatic nitrogens is 3. The molecule has 0 bridgehead atoms. The topological polar surface area (TPSA) is 107 Å². The van der Waals surface area contributed by atoms with Crippen molar-refractivity contribution in [3.05, 3.63) is 52.2 Å². The largest absolute Gasteiger partial charge is 0.404 e. The first-order chi connectivity index (χ1) is 16.1. The number of rotatable bonds is 10. The van der Waals surface area contributed by atoms with Gasteiger partial charge in [0.05, 0.1) is 17.8 Å². The lowest BCUT2D eigenvalue weighted by Crippen LogP contribution is -2.48. The fourth-order valence-corrected chi connectivity index (χ4v) is 3.36. The molecule has 0 aromatic carbocycles. The molecule has 1 unspecified atom stereocenters. The van der Waals surface area contributed by atoms with Gasteiger partial charge in [-0.25, -0.2) is 4.99 Å². The molecular weight excluding hydrogens is 468 g/mol. The van der Waals surface area contributed by atoms with Crippen molar-refractivity contribution in [3.8, 4) is 11.3 Å². The number of aryl methyl sites for hydroxylation is 1. The molecule has 2 rings (SSSR count). The summed E-state index contributed by atoms with van der Waals surface area (Å²) in [5.41, 5.74) is 4.92. The smallest absolute Gasteiger partial charge is 0.331 e. The third-order valence-corrected chi connectivity index (χ3v) is 5.17. The van der Waals surface area contributed by atoms with Gasteiger partial charge >= 0.3 is 6.55 Å². The number of nitrogens with two attached hydrogens (primary N) is 1. The molecule has 1 amide bonds. The lowest BCUT2D eigenvalue weighted by atomic mass is 9.98. The molecule has 0 aliphatic heterocycles. The number of carbonyl (C=O) groups is 1. The molecule has 0 aliphatic rings. The third-order valence-electron chi connectivity index (χ3n) is 5.17. The highest BCUT2D eigenvalue weighted by molar-refractivity contribution is 5.83. The van der Waals surface area contributed by atoms with Crippen LogP contribution in [-0.2, 0) is 24.3 Å². The van der Waals surface area contributed by atoms with E-state index in [-0.39, 0.29) is 24.1 Å². The number of pyridine rings is 1. The number of allylic oxidation sites excluding steroid dienone is 1. The summed E-state index contributed by atoms with van der Waals surface area (Å²) in [6.07, 6.45) is 3.63. The Balaban J connectivity index is 2.27. The van der Waals surface area contributed by atoms with E-state index in [1.54, 1.807) is 27.8 Å². The van der Waals surface area contributed by atoms with Gasteiger partial charge in [0.25, 0.3) is 5.92 Å². The standard InChI is InChI=1S/C23H30F4N6O2/c1-14(8-15(10-28)11-29-21(24)25)20(35)30-22(2,3)13-33-17(9-18(31-33)23(4,26)27)16-6-7-19(34)32(5)12-16/h6-7,9-12,14,21H,8,13,28H2,1-5H3,(H,30,35)/b15-10-,29-11+. The molecule has 0 saturated heterocycles. The van der Waals surface area contributed by atoms with Crippen molar-refractivity contribution in [2.75, 3.05) is 0 Å². The van der Waals surface area contributed by atoms with Crippen LogP contribution in [0.2, 0.25) is 0 Å². The second-order valence-electron chi connectivity index (χ2n) is 9.10. The number of hydrogen-bond acceptors (Lipinski definition) is 5. The van der Waals surface area contributed by atoms with Crippen LogP contribution in [0.1, 0.15) is 39.8 Å². The van der Waals surface area contributed by atoms with Crippen LogP contribution in [0.5, 0.6) is 0 Å². The zero-order chi connectivity index (χ0) is 26.6. The predicted octanol–water partition coefficient (Wildman–Crippen LogP) is 3.42. The van der Waals surface area contributed by atoms with Crippen LogP contribution in [0.25, 0.3) is 11.3 Å². The molecule has 2 aromatic rings. The van der Waals surface area contributed by atoms with Crippen LogP contribution >= 0.6 is 0 Å². The summed E-state index contributed by atoms with van der Waals surface area (Å²) in [6.45, 7) is 2.88. The van der Waals surface area contributed by atoms with E-state index < -0.39 is 35.5 Å². The number of carbonyl (C=O) groups excluding carboxylic acids is 1. The molecule has 0 saturated carbocycles. The van der Waals surface area contributed by atoms with E-state index >= 15 is 0 Å². The lowest BCUT2D eigenvalue weighted by molar-refractivity contribution is -0.126. The van der Waals surface area contributed by atoms with Gasteiger partial charge in [-0.05, 0) is 44.2 Å². The quantitative estimate of drug-likeness (QED) is 0.297. The van der Waals surface area contributed by atoms with Gasteiger partial charge in [-0.2, -0.15) is 22.7 Å². The van der Waals surface area contributed by atoms with Crippen LogP contribution in [0.4, 0.5) is 17.6 Å². The molecular formula is C23H30F4N6O2. The van der Waals surface area contributed by atoms with Crippen molar-refractivity contribution in [1.82, 2.24) is 19.7 Å². The number of nitrogens with one attached hydrogen (secondary N) is 1. The number of hydrogen-bond donors (Lipinski definition) is 2. The molecule has 2 heterocycles. The van der Waals surface area contributed by atoms with Crippen molar-refractivity contribution in [2.45, 2.75) is 58.7 Å². The molecule has 8 nitrogen and oxygen atoms in total. The fraction of sp³-hybridized carbons (Fsp3) is 0.478. The van der Waals surface area contributed by atoms with Crippen molar-refractivity contribution < 1.29 is 22.4 Å². The average Bonchev–Trinajstić information content (AvgIpc) is 3.15. The van der Waals surface area contributed by atoms with E-state index in [1.165, 1.54) is 33.6 Å². The van der Waals surface area contributed by atoms with Gasteiger partial charge in [0, 0.05) is 43.9 Å². The SMILES string of the molecule is CC(CC(=C/N)/C=N/C(F)F)C(=O)NC(C)(C)Cn1nc(C(C)(F)F)cc1-c1ccc(=O)n(C)c1. The second-order valence-corrected chi connectivity index (χ2v) is 9.10. The minimum Gasteiger partial charge on any atom is -0.404 e. The molecule has 35 heavy (non-hydrogen) atoms. The first-order valence-corrected chi connectivity index (χ1v) is 10.8. The normalized spacial score (nSPS) is 14.1. The number of nitrogens with zero attached hydrogens (tertiary/aromatic N) is 4. The Morgan fingerprint density at radius 2 is 1.94 bits per heavy atom. The molecule has 192 valence electrons. The molecule has 2 aromatic heterocycles. The fourth-order valence-electron chi connectivity index (χ4n) is 3.36. The van der Waals surface area contributed by atoms with E-state index in [2.05, 4.69) is 15.4 Å². The van der Waals surface area contributed by atoms with E-state index in [4.69, 9.17) is 5.73 Å². The van der Waals surface area contributed by atoms with Gasteiger partial charge in [-0.15, -0.1) is 0 Å². The first-order valence-electron chi connectivity index (χ1n) is 10.8. The highest BCUT2D eigenvalue weighted by atomic mass is 19.3. The Morgan fingerprint density at radius 3 is 2.49 bits per heavy atom. The predicted molar refractivity (Wildman–Crippen MR) is 125 cm³/mol. The number of aliphatic imine (C=N–C) groups is 1. The van der Waals surface area contributed by atoms with E-state index in [9.17, 15) is 27.2 Å². The Hall–Kier alpha value is -3.44. The van der Waals surface area contributed by atoms with E-state index in [0.29, 0.717) is 11.3 Å². The van der Waals surface area contributed by atoms with Crippen LogP contribution in [-0.4, -0.2) is 38.6 Å². The Morgan fingerprint density at radius 1 is 1.29 bits per heavy atom. The summed E-state index contributed by atoms with van der Waals surface area (Å²) in [7, 11) is 1.55. The number of alkyl halides is 4. The monoisotopic (exact) mass is 498 g/mol. The molecule has 0 aliphatic carbocycles. The van der Waals surface area contributed by atoms with Gasteiger partial charge in [0.15, 0.2) is 0 Å². The summed E-state index contributed by atoms with van der Waals surface area (Å²) >= 11 is 0. The zero-order valence-corrected chi connectivity index (χ0v) is 20.2. The van der Waals surface area contributed by atoms with Gasteiger partial charge in [-0.3, -0.25) is 14.3 Å². The van der Waals surface area contributed by atoms with Crippen LogP contribution in [0.3, 0.4) is 0 Å². The number of amides is 1. The van der Waals surface area contributed by atoms with E-state index in [0.717, 1.165) is 19.3 Å². The van der Waals surface area contributed by atoms with Crippen molar-refractivity contribution in [1.29, 1.82) is 0 Å². The lowest BCUT2D eigenvalue weighted by Gasteiger charge is -2.29.